The van der Waals surface area contributed by atoms with E-state index in [9.17, 15) is 9.59 Å². The molecule has 1 aliphatic heterocycles. The Kier molecular flexibility index (Phi) is 3.83. The molecule has 1 aromatic rings. The predicted octanol–water partition coefficient (Wildman–Crippen LogP) is 1.86. The lowest BCUT2D eigenvalue weighted by Gasteiger charge is -2.22. The molecule has 2 amide bonds. The van der Waals surface area contributed by atoms with Crippen LogP contribution >= 0.6 is 27.3 Å². The van der Waals surface area contributed by atoms with Crippen LogP contribution in [0.3, 0.4) is 0 Å². The number of thiophene rings is 1. The second kappa shape index (κ2) is 5.18. The quantitative estimate of drug-likeness (QED) is 0.905. The lowest BCUT2D eigenvalue weighted by atomic mass is 10.2. The maximum absolute atomic E-state index is 12.2. The molecule has 0 bridgehead atoms. The number of hydrogen-bond acceptors (Lipinski definition) is 3. The number of nitrogens with zero attached hydrogens (tertiary/aromatic N) is 1. The van der Waals surface area contributed by atoms with Crippen molar-refractivity contribution in [2.75, 3.05) is 13.6 Å². The van der Waals surface area contributed by atoms with Crippen LogP contribution in [0.15, 0.2) is 15.2 Å². The second-order valence-corrected chi connectivity index (χ2v) is 6.20. The minimum atomic E-state index is -0.314. The van der Waals surface area contributed by atoms with Crippen molar-refractivity contribution in [2.24, 2.45) is 0 Å². The highest BCUT2D eigenvalue weighted by Gasteiger charge is 2.34. The number of carbonyl (C=O) groups is 2. The molecule has 2 rings (SSSR count). The molecule has 0 saturated carbocycles. The molecule has 1 aliphatic rings. The van der Waals surface area contributed by atoms with Crippen LogP contribution in [0.1, 0.15) is 23.2 Å². The number of halogens is 1. The van der Waals surface area contributed by atoms with E-state index in [4.69, 9.17) is 0 Å². The van der Waals surface area contributed by atoms with E-state index in [-0.39, 0.29) is 17.9 Å². The van der Waals surface area contributed by atoms with E-state index < -0.39 is 0 Å². The SMILES string of the molecule is CNC(=O)C1CCCN1C(=O)c1csc(Br)c1. The predicted molar refractivity (Wildman–Crippen MR) is 70.1 cm³/mol. The first-order chi connectivity index (χ1) is 8.13. The molecular formula is C11H13BrN2O2S. The molecule has 17 heavy (non-hydrogen) atoms. The van der Waals surface area contributed by atoms with Crippen LogP contribution in [0.2, 0.25) is 0 Å². The third kappa shape index (κ3) is 2.52. The molecule has 1 fully saturated rings. The zero-order chi connectivity index (χ0) is 12.4. The van der Waals surface area contributed by atoms with Gasteiger partial charge in [0, 0.05) is 19.0 Å². The summed E-state index contributed by atoms with van der Waals surface area (Å²) in [6.07, 6.45) is 1.63. The van der Waals surface area contributed by atoms with E-state index in [0.29, 0.717) is 12.1 Å². The summed E-state index contributed by atoms with van der Waals surface area (Å²) in [4.78, 5) is 25.5. The van der Waals surface area contributed by atoms with E-state index in [1.54, 1.807) is 18.0 Å². The van der Waals surface area contributed by atoms with Crippen molar-refractivity contribution in [2.45, 2.75) is 18.9 Å². The van der Waals surface area contributed by atoms with Gasteiger partial charge in [-0.1, -0.05) is 0 Å². The van der Waals surface area contributed by atoms with Gasteiger partial charge in [0.1, 0.15) is 6.04 Å². The van der Waals surface area contributed by atoms with Crippen LogP contribution in [-0.2, 0) is 4.79 Å². The molecule has 0 aromatic carbocycles. The molecule has 1 saturated heterocycles. The highest BCUT2D eigenvalue weighted by atomic mass is 79.9. The monoisotopic (exact) mass is 316 g/mol. The Labute approximate surface area is 112 Å². The van der Waals surface area contributed by atoms with Crippen LogP contribution in [-0.4, -0.2) is 36.3 Å². The molecule has 6 heteroatoms. The molecular weight excluding hydrogens is 304 g/mol. The van der Waals surface area contributed by atoms with Crippen molar-refractivity contribution in [3.05, 3.63) is 20.8 Å². The van der Waals surface area contributed by atoms with Gasteiger partial charge in [-0.2, -0.15) is 0 Å². The van der Waals surface area contributed by atoms with Crippen LogP contribution in [0.5, 0.6) is 0 Å². The summed E-state index contributed by atoms with van der Waals surface area (Å²) in [5, 5.41) is 4.42. The number of hydrogen-bond donors (Lipinski definition) is 1. The fourth-order valence-corrected chi connectivity index (χ4v) is 3.17. The molecule has 0 aliphatic carbocycles. The Morgan fingerprint density at radius 2 is 2.35 bits per heavy atom. The number of rotatable bonds is 2. The number of likely N-dealkylation sites (tertiary alicyclic amines) is 1. The Morgan fingerprint density at radius 3 is 2.94 bits per heavy atom. The Hall–Kier alpha value is -0.880. The van der Waals surface area contributed by atoms with Crippen LogP contribution in [0.4, 0.5) is 0 Å². The van der Waals surface area contributed by atoms with E-state index in [0.717, 1.165) is 16.6 Å². The van der Waals surface area contributed by atoms with Gasteiger partial charge in [0.25, 0.3) is 5.91 Å². The molecule has 0 spiro atoms. The molecule has 2 heterocycles. The minimum Gasteiger partial charge on any atom is -0.357 e. The maximum atomic E-state index is 12.2. The zero-order valence-corrected chi connectivity index (χ0v) is 11.8. The summed E-state index contributed by atoms with van der Waals surface area (Å²) in [7, 11) is 1.60. The molecule has 0 radical (unpaired) electrons. The van der Waals surface area contributed by atoms with Gasteiger partial charge in [0.15, 0.2) is 0 Å². The molecule has 92 valence electrons. The van der Waals surface area contributed by atoms with Crippen molar-refractivity contribution < 1.29 is 9.59 Å². The maximum Gasteiger partial charge on any atom is 0.255 e. The smallest absolute Gasteiger partial charge is 0.255 e. The van der Waals surface area contributed by atoms with E-state index in [1.165, 1.54) is 11.3 Å². The topological polar surface area (TPSA) is 49.4 Å². The highest BCUT2D eigenvalue weighted by Crippen LogP contribution is 2.25. The lowest BCUT2D eigenvalue weighted by Crippen LogP contribution is -2.44. The fraction of sp³-hybridized carbons (Fsp3) is 0.455. The first kappa shape index (κ1) is 12.6. The normalized spacial score (nSPS) is 19.4. The summed E-state index contributed by atoms with van der Waals surface area (Å²) >= 11 is 4.81. The molecule has 1 N–H and O–H groups in total. The Bertz CT molecular complexity index is 446. The molecule has 4 nitrogen and oxygen atoms in total. The van der Waals surface area contributed by atoms with Crippen molar-refractivity contribution >= 4 is 39.1 Å². The van der Waals surface area contributed by atoms with Crippen LogP contribution in [0.25, 0.3) is 0 Å². The highest BCUT2D eigenvalue weighted by molar-refractivity contribution is 9.11. The van der Waals surface area contributed by atoms with Gasteiger partial charge in [-0.3, -0.25) is 9.59 Å². The van der Waals surface area contributed by atoms with Gasteiger partial charge in [-0.15, -0.1) is 11.3 Å². The summed E-state index contributed by atoms with van der Waals surface area (Å²) in [5.41, 5.74) is 0.651. The van der Waals surface area contributed by atoms with Crippen LogP contribution < -0.4 is 5.32 Å². The average Bonchev–Trinajstić information content (AvgIpc) is 2.95. The first-order valence-corrected chi connectivity index (χ1v) is 7.07. The van der Waals surface area contributed by atoms with E-state index in [1.807, 2.05) is 5.38 Å². The van der Waals surface area contributed by atoms with Gasteiger partial charge < -0.3 is 10.2 Å². The minimum absolute atomic E-state index is 0.0574. The lowest BCUT2D eigenvalue weighted by molar-refractivity contribution is -0.124. The largest absolute Gasteiger partial charge is 0.357 e. The number of likely N-dealkylation sites (N-methyl/N-ethyl adjacent to an activating group) is 1. The van der Waals surface area contributed by atoms with Gasteiger partial charge >= 0.3 is 0 Å². The van der Waals surface area contributed by atoms with E-state index >= 15 is 0 Å². The Morgan fingerprint density at radius 1 is 1.59 bits per heavy atom. The summed E-state index contributed by atoms with van der Waals surface area (Å²) in [6.45, 7) is 0.657. The molecule has 1 atom stereocenters. The summed E-state index contributed by atoms with van der Waals surface area (Å²) in [6, 6.07) is 1.48. The van der Waals surface area contributed by atoms with Crippen LogP contribution in [0, 0.1) is 0 Å². The first-order valence-electron chi connectivity index (χ1n) is 5.40. The fourth-order valence-electron chi connectivity index (χ4n) is 2.04. The average molecular weight is 317 g/mol. The molecule has 1 unspecified atom stereocenters. The third-order valence-electron chi connectivity index (χ3n) is 2.88. The Balaban J connectivity index is 2.16. The summed E-state index contributed by atoms with van der Waals surface area (Å²) in [5.74, 6) is -0.136. The van der Waals surface area contributed by atoms with Gasteiger partial charge in [0.2, 0.25) is 5.91 Å². The van der Waals surface area contributed by atoms with Crippen molar-refractivity contribution in [1.82, 2.24) is 10.2 Å². The van der Waals surface area contributed by atoms with Gasteiger partial charge in [-0.25, -0.2) is 0 Å². The number of nitrogens with one attached hydrogen (secondary N) is 1. The van der Waals surface area contributed by atoms with Crippen molar-refractivity contribution in [3.63, 3.8) is 0 Å². The number of amides is 2. The van der Waals surface area contributed by atoms with E-state index in [2.05, 4.69) is 21.2 Å². The van der Waals surface area contributed by atoms with Gasteiger partial charge in [-0.05, 0) is 34.8 Å². The third-order valence-corrected chi connectivity index (χ3v) is 4.38. The van der Waals surface area contributed by atoms with Crippen molar-refractivity contribution in [1.29, 1.82) is 0 Å². The zero-order valence-electron chi connectivity index (χ0n) is 9.40. The summed E-state index contributed by atoms with van der Waals surface area (Å²) < 4.78 is 0.927. The van der Waals surface area contributed by atoms with Crippen molar-refractivity contribution in [3.8, 4) is 0 Å². The standard InChI is InChI=1S/C11H13BrN2O2S/c1-13-10(15)8-3-2-4-14(8)11(16)7-5-9(12)17-6-7/h5-6,8H,2-4H2,1H3,(H,13,15). The van der Waals surface area contributed by atoms with Gasteiger partial charge in [0.05, 0.1) is 9.35 Å². The second-order valence-electron chi connectivity index (χ2n) is 3.91. The number of carbonyl (C=O) groups excluding carboxylic acids is 2. The molecule has 1 aromatic heterocycles.